The third-order valence-electron chi connectivity index (χ3n) is 4.49. The van der Waals surface area contributed by atoms with Crippen LogP contribution in [0.2, 0.25) is 0 Å². The number of piperidine rings is 1. The maximum atomic E-state index is 4.49. The molecule has 1 aliphatic heterocycles. The molecule has 2 heterocycles. The Morgan fingerprint density at radius 3 is 2.67 bits per heavy atom. The van der Waals surface area contributed by atoms with E-state index >= 15 is 0 Å². The van der Waals surface area contributed by atoms with Gasteiger partial charge >= 0.3 is 0 Å². The Labute approximate surface area is 130 Å². The van der Waals surface area contributed by atoms with Crippen LogP contribution < -0.4 is 10.2 Å². The molecule has 0 aliphatic carbocycles. The topological polar surface area (TPSA) is 28.2 Å². The van der Waals surface area contributed by atoms with E-state index in [1.54, 1.807) is 0 Å². The predicted molar refractivity (Wildman–Crippen MR) is 90.8 cm³/mol. The summed E-state index contributed by atoms with van der Waals surface area (Å²) >= 11 is 0. The fraction of sp³-hybridized carbons (Fsp3) is 0.722. The molecule has 0 spiro atoms. The van der Waals surface area contributed by atoms with Gasteiger partial charge in [-0.2, -0.15) is 0 Å². The van der Waals surface area contributed by atoms with Crippen molar-refractivity contribution >= 4 is 5.69 Å². The van der Waals surface area contributed by atoms with Crippen molar-refractivity contribution in [1.82, 2.24) is 10.3 Å². The minimum atomic E-state index is 0.936. The average Bonchev–Trinajstić information content (AvgIpc) is 2.50. The van der Waals surface area contributed by atoms with Gasteiger partial charge in [0, 0.05) is 42.8 Å². The molecule has 1 N–H and O–H groups in total. The monoisotopic (exact) mass is 289 g/mol. The summed E-state index contributed by atoms with van der Waals surface area (Å²) in [5.41, 5.74) is 3.88. The second-order valence-corrected chi connectivity index (χ2v) is 6.35. The highest BCUT2D eigenvalue weighted by Crippen LogP contribution is 2.28. The van der Waals surface area contributed by atoms with Crippen molar-refractivity contribution in [2.75, 3.05) is 24.5 Å². The van der Waals surface area contributed by atoms with E-state index in [4.69, 9.17) is 0 Å². The van der Waals surface area contributed by atoms with E-state index in [2.05, 4.69) is 48.2 Å². The molecule has 0 amide bonds. The van der Waals surface area contributed by atoms with Crippen molar-refractivity contribution in [3.8, 4) is 0 Å². The van der Waals surface area contributed by atoms with Crippen molar-refractivity contribution in [3.05, 3.63) is 23.5 Å². The van der Waals surface area contributed by atoms with Gasteiger partial charge in [0.05, 0.1) is 0 Å². The Morgan fingerprint density at radius 2 is 2.00 bits per heavy atom. The quantitative estimate of drug-likeness (QED) is 0.771. The smallest absolute Gasteiger partial charge is 0.0445 e. The zero-order valence-corrected chi connectivity index (χ0v) is 14.0. The van der Waals surface area contributed by atoms with E-state index < -0.39 is 0 Å². The van der Waals surface area contributed by atoms with Crippen molar-refractivity contribution in [3.63, 3.8) is 0 Å². The molecule has 0 aromatic carbocycles. The van der Waals surface area contributed by atoms with Crippen LogP contribution in [0.3, 0.4) is 0 Å². The molecular formula is C18H31N3. The summed E-state index contributed by atoms with van der Waals surface area (Å²) in [4.78, 5) is 7.06. The molecule has 3 heteroatoms. The Kier molecular flexibility index (Phi) is 6.50. The first-order valence-corrected chi connectivity index (χ1v) is 8.65. The maximum Gasteiger partial charge on any atom is 0.0445 e. The maximum absolute atomic E-state index is 4.49. The van der Waals surface area contributed by atoms with E-state index in [1.165, 1.54) is 56.4 Å². The molecule has 1 aromatic heterocycles. The van der Waals surface area contributed by atoms with Gasteiger partial charge in [0.25, 0.3) is 0 Å². The second-order valence-electron chi connectivity index (χ2n) is 6.35. The second kappa shape index (κ2) is 8.38. The molecule has 1 saturated heterocycles. The van der Waals surface area contributed by atoms with Gasteiger partial charge in [-0.3, -0.25) is 4.98 Å². The summed E-state index contributed by atoms with van der Waals surface area (Å²) in [5.74, 6) is 0.941. The lowest BCUT2D eigenvalue weighted by Gasteiger charge is -2.35. The number of rotatable bonds is 7. The van der Waals surface area contributed by atoms with Crippen molar-refractivity contribution in [2.24, 2.45) is 5.92 Å². The first-order valence-electron chi connectivity index (χ1n) is 8.65. The first kappa shape index (κ1) is 16.3. The third-order valence-corrected chi connectivity index (χ3v) is 4.49. The fourth-order valence-corrected chi connectivity index (χ4v) is 3.27. The lowest BCUT2D eigenvalue weighted by Crippen LogP contribution is -2.34. The largest absolute Gasteiger partial charge is 0.371 e. The highest BCUT2D eigenvalue weighted by Gasteiger charge is 2.20. The van der Waals surface area contributed by atoms with Gasteiger partial charge in [-0.05, 0) is 44.7 Å². The van der Waals surface area contributed by atoms with Crippen LogP contribution in [0, 0.1) is 12.8 Å². The molecule has 1 aliphatic rings. The lowest BCUT2D eigenvalue weighted by molar-refractivity contribution is 0.378. The summed E-state index contributed by atoms with van der Waals surface area (Å²) in [7, 11) is 0. The molecule has 1 aromatic rings. The minimum absolute atomic E-state index is 0.936. The van der Waals surface area contributed by atoms with Gasteiger partial charge in [-0.1, -0.05) is 26.7 Å². The normalized spacial score (nSPS) is 16.4. The average molecular weight is 289 g/mol. The fourth-order valence-electron chi connectivity index (χ4n) is 3.27. The standard InChI is InChI=1S/C18H31N3/c1-4-6-16-7-10-21(11-8-16)18-12-15(3)20-14-17(18)13-19-9-5-2/h12,14,16,19H,4-11,13H2,1-3H3. The van der Waals surface area contributed by atoms with E-state index in [-0.39, 0.29) is 0 Å². The summed E-state index contributed by atoms with van der Waals surface area (Å²) in [6.45, 7) is 11.0. The number of aryl methyl sites for hydroxylation is 1. The lowest BCUT2D eigenvalue weighted by atomic mass is 9.92. The minimum Gasteiger partial charge on any atom is -0.371 e. The molecule has 0 radical (unpaired) electrons. The van der Waals surface area contributed by atoms with E-state index in [0.29, 0.717) is 0 Å². The molecule has 21 heavy (non-hydrogen) atoms. The van der Waals surface area contributed by atoms with E-state index in [9.17, 15) is 0 Å². The van der Waals surface area contributed by atoms with Crippen LogP contribution in [0.25, 0.3) is 0 Å². The molecule has 2 rings (SSSR count). The summed E-state index contributed by atoms with van der Waals surface area (Å²) in [6, 6.07) is 2.27. The number of nitrogens with one attached hydrogen (secondary N) is 1. The highest BCUT2D eigenvalue weighted by molar-refractivity contribution is 5.54. The van der Waals surface area contributed by atoms with E-state index in [1.807, 2.05) is 0 Å². The molecule has 0 unspecified atom stereocenters. The molecule has 0 saturated carbocycles. The van der Waals surface area contributed by atoms with Crippen LogP contribution in [0.15, 0.2) is 12.3 Å². The van der Waals surface area contributed by atoms with Crippen LogP contribution in [0.4, 0.5) is 5.69 Å². The van der Waals surface area contributed by atoms with Crippen LogP contribution in [0.1, 0.15) is 57.2 Å². The number of anilines is 1. The number of nitrogens with zero attached hydrogens (tertiary/aromatic N) is 2. The number of hydrogen-bond donors (Lipinski definition) is 1. The number of pyridine rings is 1. The van der Waals surface area contributed by atoms with Crippen molar-refractivity contribution in [1.29, 1.82) is 0 Å². The zero-order chi connectivity index (χ0) is 15.1. The Hall–Kier alpha value is -1.09. The number of aromatic nitrogens is 1. The van der Waals surface area contributed by atoms with Crippen LogP contribution in [0.5, 0.6) is 0 Å². The molecule has 3 nitrogen and oxygen atoms in total. The van der Waals surface area contributed by atoms with Crippen LogP contribution in [-0.4, -0.2) is 24.6 Å². The molecule has 0 atom stereocenters. The molecule has 0 bridgehead atoms. The van der Waals surface area contributed by atoms with Gasteiger partial charge in [0.15, 0.2) is 0 Å². The van der Waals surface area contributed by atoms with Gasteiger partial charge in [0.2, 0.25) is 0 Å². The molecule has 1 fully saturated rings. The van der Waals surface area contributed by atoms with Crippen molar-refractivity contribution in [2.45, 2.75) is 59.4 Å². The Bertz CT molecular complexity index is 422. The summed E-state index contributed by atoms with van der Waals surface area (Å²) < 4.78 is 0. The van der Waals surface area contributed by atoms with Crippen LogP contribution >= 0.6 is 0 Å². The SMILES string of the molecule is CCCNCc1cnc(C)cc1N1CCC(CCC)CC1. The van der Waals surface area contributed by atoms with Gasteiger partial charge in [-0.15, -0.1) is 0 Å². The molecule has 118 valence electrons. The van der Waals surface area contributed by atoms with Gasteiger partial charge in [-0.25, -0.2) is 0 Å². The Balaban J connectivity index is 2.02. The predicted octanol–water partition coefficient (Wildman–Crippen LogP) is 3.91. The first-order chi connectivity index (χ1) is 10.2. The van der Waals surface area contributed by atoms with Crippen molar-refractivity contribution < 1.29 is 0 Å². The molecular weight excluding hydrogens is 258 g/mol. The van der Waals surface area contributed by atoms with Gasteiger partial charge < -0.3 is 10.2 Å². The van der Waals surface area contributed by atoms with E-state index in [0.717, 1.165) is 24.7 Å². The zero-order valence-electron chi connectivity index (χ0n) is 14.0. The van der Waals surface area contributed by atoms with Crippen LogP contribution in [-0.2, 0) is 6.54 Å². The summed E-state index contributed by atoms with van der Waals surface area (Å²) in [6.07, 6.45) is 8.65. The Morgan fingerprint density at radius 1 is 1.24 bits per heavy atom. The van der Waals surface area contributed by atoms with Gasteiger partial charge in [0.1, 0.15) is 0 Å². The third kappa shape index (κ3) is 4.70. The summed E-state index contributed by atoms with van der Waals surface area (Å²) in [5, 5.41) is 3.51. The highest BCUT2D eigenvalue weighted by atomic mass is 15.1. The number of hydrogen-bond acceptors (Lipinski definition) is 3.